The molecule has 9 nitrogen and oxygen atoms in total. The molecule has 0 aromatic heterocycles. The summed E-state index contributed by atoms with van der Waals surface area (Å²) in [6.45, 7) is 5.75. The van der Waals surface area contributed by atoms with Crippen molar-refractivity contribution in [1.82, 2.24) is 15.7 Å². The average Bonchev–Trinajstić information content (AvgIpc) is 3.05. The van der Waals surface area contributed by atoms with E-state index in [0.717, 1.165) is 46.5 Å². The molecule has 0 bridgehead atoms. The SMILES string of the molecule is C=CCN(C)C[C@H]1C[C@@H](c2ccc(CO)cc2)O[C@@H](c2cccc(-c3cccc(CNC(=O)CCCCC(=O)NO)c3)c2)O1. The summed E-state index contributed by atoms with van der Waals surface area (Å²) in [6.07, 6.45) is 3.43. The minimum atomic E-state index is -0.556. The Labute approximate surface area is 259 Å². The van der Waals surface area contributed by atoms with E-state index in [1.165, 1.54) is 0 Å². The number of carbonyl (C=O) groups excluding carboxylic acids is 2. The predicted octanol–water partition coefficient (Wildman–Crippen LogP) is 5.19. The summed E-state index contributed by atoms with van der Waals surface area (Å²) in [5.74, 6) is -0.528. The van der Waals surface area contributed by atoms with Crippen LogP contribution >= 0.6 is 0 Å². The van der Waals surface area contributed by atoms with Crippen LogP contribution in [0.15, 0.2) is 85.5 Å². The number of rotatable bonds is 15. The summed E-state index contributed by atoms with van der Waals surface area (Å²) < 4.78 is 13.0. The van der Waals surface area contributed by atoms with Gasteiger partial charge in [0.25, 0.3) is 0 Å². The first-order valence-electron chi connectivity index (χ1n) is 15.1. The number of aliphatic hydroxyl groups is 1. The summed E-state index contributed by atoms with van der Waals surface area (Å²) in [4.78, 5) is 25.6. The molecule has 0 saturated carbocycles. The molecule has 4 N–H and O–H groups in total. The summed E-state index contributed by atoms with van der Waals surface area (Å²) in [5, 5.41) is 21.0. The number of amides is 2. The maximum atomic E-state index is 12.3. The van der Waals surface area contributed by atoms with Gasteiger partial charge in [0, 0.05) is 44.5 Å². The van der Waals surface area contributed by atoms with Gasteiger partial charge in [0.05, 0.1) is 18.8 Å². The fourth-order valence-corrected chi connectivity index (χ4v) is 5.32. The third-order valence-corrected chi connectivity index (χ3v) is 7.66. The molecule has 1 saturated heterocycles. The van der Waals surface area contributed by atoms with E-state index in [1.807, 2.05) is 66.7 Å². The first-order chi connectivity index (χ1) is 21.4. The Morgan fingerprint density at radius 3 is 2.34 bits per heavy atom. The fraction of sp³-hybridized carbons (Fsp3) is 0.371. The van der Waals surface area contributed by atoms with Crippen molar-refractivity contribution in [3.63, 3.8) is 0 Å². The minimum Gasteiger partial charge on any atom is -0.392 e. The van der Waals surface area contributed by atoms with Crippen molar-refractivity contribution in [3.05, 3.63) is 108 Å². The van der Waals surface area contributed by atoms with Crippen LogP contribution in [0.1, 0.15) is 66.8 Å². The van der Waals surface area contributed by atoms with Crippen molar-refractivity contribution in [2.24, 2.45) is 0 Å². The molecule has 44 heavy (non-hydrogen) atoms. The molecule has 1 aliphatic rings. The number of nitrogens with zero attached hydrogens (tertiary/aromatic N) is 1. The largest absolute Gasteiger partial charge is 0.392 e. The van der Waals surface area contributed by atoms with Gasteiger partial charge in [0.2, 0.25) is 11.8 Å². The van der Waals surface area contributed by atoms with Gasteiger partial charge in [-0.15, -0.1) is 6.58 Å². The highest BCUT2D eigenvalue weighted by atomic mass is 16.7. The number of benzene rings is 3. The van der Waals surface area contributed by atoms with Crippen LogP contribution in [0, 0.1) is 0 Å². The second-order valence-electron chi connectivity index (χ2n) is 11.2. The number of aliphatic hydroxyl groups excluding tert-OH is 1. The van der Waals surface area contributed by atoms with Crippen molar-refractivity contribution in [1.29, 1.82) is 0 Å². The Bertz CT molecular complexity index is 1380. The lowest BCUT2D eigenvalue weighted by molar-refractivity contribution is -0.252. The van der Waals surface area contributed by atoms with Gasteiger partial charge in [-0.05, 0) is 59.8 Å². The zero-order chi connectivity index (χ0) is 31.3. The molecule has 3 aromatic rings. The van der Waals surface area contributed by atoms with Crippen LogP contribution in [0.5, 0.6) is 0 Å². The second kappa shape index (κ2) is 16.8. The van der Waals surface area contributed by atoms with Crippen molar-refractivity contribution in [2.45, 2.75) is 63.8 Å². The molecule has 3 atom stereocenters. The zero-order valence-corrected chi connectivity index (χ0v) is 25.3. The maximum Gasteiger partial charge on any atom is 0.243 e. The molecule has 9 heteroatoms. The number of hydroxylamine groups is 1. The van der Waals surface area contributed by atoms with Gasteiger partial charge in [-0.3, -0.25) is 14.8 Å². The van der Waals surface area contributed by atoms with Crippen molar-refractivity contribution in [3.8, 4) is 11.1 Å². The smallest absolute Gasteiger partial charge is 0.243 e. The quantitative estimate of drug-likeness (QED) is 0.0819. The molecule has 234 valence electrons. The Kier molecular flexibility index (Phi) is 12.6. The molecule has 4 rings (SSSR count). The lowest BCUT2D eigenvalue weighted by Gasteiger charge is -2.37. The van der Waals surface area contributed by atoms with Gasteiger partial charge in [-0.2, -0.15) is 0 Å². The summed E-state index contributed by atoms with van der Waals surface area (Å²) in [5.41, 5.74) is 7.44. The number of unbranched alkanes of at least 4 members (excludes halogenated alkanes) is 1. The number of hydrogen-bond acceptors (Lipinski definition) is 7. The van der Waals surface area contributed by atoms with Crippen LogP contribution in [0.4, 0.5) is 0 Å². The van der Waals surface area contributed by atoms with E-state index in [0.29, 0.717) is 32.2 Å². The third-order valence-electron chi connectivity index (χ3n) is 7.66. The average molecular weight is 602 g/mol. The van der Waals surface area contributed by atoms with Crippen LogP contribution in [-0.2, 0) is 32.2 Å². The van der Waals surface area contributed by atoms with E-state index < -0.39 is 12.2 Å². The standard InChI is InChI=1S/C35H43N3O6/c1-3-18-38(2)23-31-21-32(27-16-14-25(24-39)15-17-27)44-35(43-31)30-11-7-10-29(20-30)28-9-6-8-26(19-28)22-36-33(40)12-4-5-13-34(41)37-42/h3,6-11,14-17,19-20,31-32,35,39,42H,1,4-5,12-13,18,21-24H2,2H3,(H,36,40)(H,37,41)/t31-,32+,35+/m1/s1. The molecule has 1 heterocycles. The van der Waals surface area contributed by atoms with Gasteiger partial charge in [0.15, 0.2) is 6.29 Å². The number of carbonyl (C=O) groups is 2. The number of nitrogens with one attached hydrogen (secondary N) is 2. The Morgan fingerprint density at radius 1 is 0.932 bits per heavy atom. The van der Waals surface area contributed by atoms with E-state index in [9.17, 15) is 14.7 Å². The Hall–Kier alpha value is -3.86. The van der Waals surface area contributed by atoms with Crippen molar-refractivity contribution < 1.29 is 29.4 Å². The monoisotopic (exact) mass is 601 g/mol. The Balaban J connectivity index is 1.44. The van der Waals surface area contributed by atoms with E-state index in [4.69, 9.17) is 14.7 Å². The number of hydrogen-bond donors (Lipinski definition) is 4. The predicted molar refractivity (Wildman–Crippen MR) is 168 cm³/mol. The minimum absolute atomic E-state index is 0.000266. The maximum absolute atomic E-state index is 12.3. The van der Waals surface area contributed by atoms with E-state index in [-0.39, 0.29) is 31.1 Å². The normalized spacial score (nSPS) is 18.1. The van der Waals surface area contributed by atoms with Crippen molar-refractivity contribution >= 4 is 11.8 Å². The number of likely N-dealkylation sites (N-methyl/N-ethyl adjacent to an activating group) is 1. The van der Waals surface area contributed by atoms with Crippen molar-refractivity contribution in [2.75, 3.05) is 20.1 Å². The van der Waals surface area contributed by atoms with Gasteiger partial charge >= 0.3 is 0 Å². The van der Waals surface area contributed by atoms with Crippen LogP contribution in [-0.4, -0.2) is 53.3 Å². The first-order valence-corrected chi connectivity index (χ1v) is 15.1. The van der Waals surface area contributed by atoms with Crippen LogP contribution < -0.4 is 10.8 Å². The molecule has 0 radical (unpaired) electrons. The zero-order valence-electron chi connectivity index (χ0n) is 25.3. The molecule has 0 unspecified atom stereocenters. The molecule has 3 aromatic carbocycles. The third kappa shape index (κ3) is 9.83. The van der Waals surface area contributed by atoms with Gasteiger partial charge in [0.1, 0.15) is 0 Å². The fourth-order valence-electron chi connectivity index (χ4n) is 5.32. The van der Waals surface area contributed by atoms with E-state index in [2.05, 4.69) is 36.0 Å². The van der Waals surface area contributed by atoms with Crippen LogP contribution in [0.25, 0.3) is 11.1 Å². The summed E-state index contributed by atoms with van der Waals surface area (Å²) in [6, 6.07) is 24.1. The van der Waals surface area contributed by atoms with Gasteiger partial charge in [-0.1, -0.05) is 66.7 Å². The highest BCUT2D eigenvalue weighted by Crippen LogP contribution is 2.39. The number of ether oxygens (including phenoxy) is 2. The topological polar surface area (TPSA) is 120 Å². The molecule has 1 aliphatic heterocycles. The molecular formula is C35H43N3O6. The first kappa shape index (κ1) is 33.0. The van der Waals surface area contributed by atoms with Gasteiger partial charge in [-0.25, -0.2) is 5.48 Å². The van der Waals surface area contributed by atoms with Gasteiger partial charge < -0.3 is 24.8 Å². The Morgan fingerprint density at radius 2 is 1.64 bits per heavy atom. The highest BCUT2D eigenvalue weighted by Gasteiger charge is 2.32. The molecule has 0 spiro atoms. The molecule has 1 fully saturated rings. The van der Waals surface area contributed by atoms with Crippen LogP contribution in [0.3, 0.4) is 0 Å². The molecule has 0 aliphatic carbocycles. The summed E-state index contributed by atoms with van der Waals surface area (Å²) >= 11 is 0. The summed E-state index contributed by atoms with van der Waals surface area (Å²) in [7, 11) is 2.05. The lowest BCUT2D eigenvalue weighted by Crippen LogP contribution is -2.37. The van der Waals surface area contributed by atoms with Crippen LogP contribution in [0.2, 0.25) is 0 Å². The highest BCUT2D eigenvalue weighted by molar-refractivity contribution is 5.76. The molecular weight excluding hydrogens is 558 g/mol. The van der Waals surface area contributed by atoms with E-state index >= 15 is 0 Å². The molecule has 2 amide bonds. The lowest BCUT2D eigenvalue weighted by atomic mass is 9.98. The second-order valence-corrected chi connectivity index (χ2v) is 11.2. The van der Waals surface area contributed by atoms with E-state index in [1.54, 1.807) is 5.48 Å².